The molecule has 36 heavy (non-hydrogen) atoms. The molecule has 0 radical (unpaired) electrons. The summed E-state index contributed by atoms with van der Waals surface area (Å²) in [5.74, 6) is 2.18. The first-order valence-corrected chi connectivity index (χ1v) is 11.6. The van der Waals surface area contributed by atoms with Gasteiger partial charge in [0.1, 0.15) is 23.8 Å². The van der Waals surface area contributed by atoms with Crippen LogP contribution < -0.4 is 25.4 Å². The molecule has 1 amide bonds. The van der Waals surface area contributed by atoms with Crippen molar-refractivity contribution in [1.29, 1.82) is 0 Å². The summed E-state index contributed by atoms with van der Waals surface area (Å²) >= 11 is 5.27. The zero-order valence-corrected chi connectivity index (χ0v) is 20.4. The average Bonchev–Trinajstić information content (AvgIpc) is 3.36. The van der Waals surface area contributed by atoms with Crippen LogP contribution in [0.25, 0.3) is 11.4 Å². The second-order valence-electron chi connectivity index (χ2n) is 7.51. The van der Waals surface area contributed by atoms with Gasteiger partial charge in [0.25, 0.3) is 0 Å². The molecule has 0 fully saturated rings. The van der Waals surface area contributed by atoms with Gasteiger partial charge in [0.2, 0.25) is 11.7 Å². The van der Waals surface area contributed by atoms with E-state index in [1.54, 1.807) is 7.11 Å². The van der Waals surface area contributed by atoms with Crippen LogP contribution in [0.3, 0.4) is 0 Å². The second kappa shape index (κ2) is 12.3. The number of nitrogens with one attached hydrogen (secondary N) is 3. The number of para-hydroxylation sites is 2. The predicted molar refractivity (Wildman–Crippen MR) is 140 cm³/mol. The number of benzene rings is 3. The van der Waals surface area contributed by atoms with E-state index in [4.69, 9.17) is 21.7 Å². The molecule has 1 heterocycles. The Kier molecular flexibility index (Phi) is 8.39. The summed E-state index contributed by atoms with van der Waals surface area (Å²) in [5, 5.41) is 21.8. The third-order valence-electron chi connectivity index (χ3n) is 4.92. The summed E-state index contributed by atoms with van der Waals surface area (Å²) in [5.41, 5.74) is 1.51. The van der Waals surface area contributed by atoms with Crippen LogP contribution in [0.5, 0.6) is 17.2 Å². The number of rotatable bonds is 10. The topological polar surface area (TPSA) is 115 Å². The van der Waals surface area contributed by atoms with Gasteiger partial charge >= 0.3 is 0 Å². The molecule has 3 N–H and O–H groups in total. The molecule has 10 nitrogen and oxygen atoms in total. The van der Waals surface area contributed by atoms with Crippen molar-refractivity contribution in [2.45, 2.75) is 6.54 Å². The number of carbonyl (C=O) groups excluding carboxylic acids is 1. The molecular weight excluding hydrogens is 478 g/mol. The van der Waals surface area contributed by atoms with Crippen molar-refractivity contribution in [3.05, 3.63) is 78.9 Å². The molecular formula is C25H25N7O3S. The zero-order chi connectivity index (χ0) is 25.2. The molecule has 11 heteroatoms. The van der Waals surface area contributed by atoms with Gasteiger partial charge in [0.05, 0.1) is 12.7 Å². The number of anilines is 1. The highest BCUT2D eigenvalue weighted by Gasteiger charge is 2.14. The first-order chi connectivity index (χ1) is 17.6. The zero-order valence-electron chi connectivity index (χ0n) is 19.5. The molecule has 4 aromatic rings. The maximum atomic E-state index is 12.3. The third kappa shape index (κ3) is 7.00. The van der Waals surface area contributed by atoms with Gasteiger partial charge < -0.3 is 25.4 Å². The molecule has 0 atom stereocenters. The second-order valence-corrected chi connectivity index (χ2v) is 7.92. The van der Waals surface area contributed by atoms with E-state index >= 15 is 0 Å². The Bertz CT molecular complexity index is 1300. The lowest BCUT2D eigenvalue weighted by Gasteiger charge is -2.11. The Morgan fingerprint density at radius 1 is 0.917 bits per heavy atom. The lowest BCUT2D eigenvalue weighted by atomic mass is 10.2. The molecule has 0 unspecified atom stereocenters. The molecule has 1 aromatic heterocycles. The highest BCUT2D eigenvalue weighted by Crippen LogP contribution is 2.30. The Balaban J connectivity index is 1.23. The molecule has 0 aliphatic heterocycles. The minimum Gasteiger partial charge on any atom is -0.497 e. The number of methoxy groups -OCH3 is 1. The molecule has 0 aliphatic rings. The Hall–Kier alpha value is -4.51. The predicted octanol–water partition coefficient (Wildman–Crippen LogP) is 3.24. The summed E-state index contributed by atoms with van der Waals surface area (Å²) < 4.78 is 11.1. The van der Waals surface area contributed by atoms with Gasteiger partial charge in [0.15, 0.2) is 5.11 Å². The van der Waals surface area contributed by atoms with Gasteiger partial charge in [-0.05, 0) is 66.0 Å². The van der Waals surface area contributed by atoms with Gasteiger partial charge in [-0.3, -0.25) is 4.79 Å². The quantitative estimate of drug-likeness (QED) is 0.222. The van der Waals surface area contributed by atoms with E-state index in [1.807, 2.05) is 78.9 Å². The Morgan fingerprint density at radius 3 is 2.42 bits per heavy atom. The smallest absolute Gasteiger partial charge is 0.243 e. The number of tetrazole rings is 1. The fourth-order valence-electron chi connectivity index (χ4n) is 3.19. The number of ether oxygens (including phenoxy) is 2. The molecule has 184 valence electrons. The van der Waals surface area contributed by atoms with Crippen LogP contribution in [0, 0.1) is 0 Å². The molecule has 0 spiro atoms. The van der Waals surface area contributed by atoms with E-state index < -0.39 is 0 Å². The molecule has 3 aromatic carbocycles. The van der Waals surface area contributed by atoms with Gasteiger partial charge in [0, 0.05) is 18.8 Å². The van der Waals surface area contributed by atoms with Crippen molar-refractivity contribution in [2.75, 3.05) is 25.5 Å². The van der Waals surface area contributed by atoms with Crippen molar-refractivity contribution < 1.29 is 14.3 Å². The summed E-state index contributed by atoms with van der Waals surface area (Å²) in [6.07, 6.45) is 0. The van der Waals surface area contributed by atoms with E-state index in [2.05, 4.69) is 31.4 Å². The lowest BCUT2D eigenvalue weighted by molar-refractivity contribution is -0.122. The van der Waals surface area contributed by atoms with Crippen LogP contribution in [0.4, 0.5) is 5.69 Å². The maximum absolute atomic E-state index is 12.3. The summed E-state index contributed by atoms with van der Waals surface area (Å²) in [6.45, 7) is 0.760. The van der Waals surface area contributed by atoms with Crippen molar-refractivity contribution >= 4 is 28.9 Å². The third-order valence-corrected chi connectivity index (χ3v) is 5.16. The number of aromatic nitrogens is 4. The van der Waals surface area contributed by atoms with Crippen LogP contribution in [0.2, 0.25) is 0 Å². The van der Waals surface area contributed by atoms with Crippen molar-refractivity contribution in [2.24, 2.45) is 0 Å². The van der Waals surface area contributed by atoms with Crippen molar-refractivity contribution in [3.63, 3.8) is 0 Å². The van der Waals surface area contributed by atoms with Crippen LogP contribution in [0.15, 0.2) is 78.9 Å². The first kappa shape index (κ1) is 24.6. The van der Waals surface area contributed by atoms with E-state index in [0.717, 1.165) is 11.4 Å². The SMILES string of the molecule is COc1ccc(NC(=S)NCCNC(=O)Cn2nnc(-c3ccccc3Oc3ccccc3)n2)cc1. The highest BCUT2D eigenvalue weighted by atomic mass is 32.1. The minimum atomic E-state index is -0.247. The average molecular weight is 504 g/mol. The van der Waals surface area contributed by atoms with E-state index in [9.17, 15) is 4.79 Å². The van der Waals surface area contributed by atoms with Crippen LogP contribution >= 0.6 is 12.2 Å². The minimum absolute atomic E-state index is 0.0662. The van der Waals surface area contributed by atoms with Crippen molar-refractivity contribution in [3.8, 4) is 28.6 Å². The molecule has 0 aliphatic carbocycles. The standard InChI is InChI=1S/C25H25N7O3S/c1-34-19-13-11-18(12-14-19)28-25(36)27-16-15-26-23(33)17-32-30-24(29-31-32)21-9-5-6-10-22(21)35-20-7-3-2-4-8-20/h2-14H,15-17H2,1H3,(H,26,33)(H2,27,28,36). The maximum Gasteiger partial charge on any atom is 0.243 e. The number of carbonyl (C=O) groups is 1. The molecule has 0 bridgehead atoms. The Morgan fingerprint density at radius 2 is 1.64 bits per heavy atom. The number of hydrogen-bond acceptors (Lipinski definition) is 7. The monoisotopic (exact) mass is 503 g/mol. The molecule has 0 saturated carbocycles. The van der Waals surface area contributed by atoms with Crippen molar-refractivity contribution in [1.82, 2.24) is 30.8 Å². The number of nitrogens with zero attached hydrogens (tertiary/aromatic N) is 4. The summed E-state index contributed by atoms with van der Waals surface area (Å²) in [7, 11) is 1.61. The molecule has 4 rings (SSSR count). The van der Waals surface area contributed by atoms with Crippen LogP contribution in [0.1, 0.15) is 0 Å². The summed E-state index contributed by atoms with van der Waals surface area (Å²) in [4.78, 5) is 13.6. The highest BCUT2D eigenvalue weighted by molar-refractivity contribution is 7.80. The van der Waals surface area contributed by atoms with Gasteiger partial charge in [-0.15, -0.1) is 10.2 Å². The van der Waals surface area contributed by atoms with Crippen LogP contribution in [-0.2, 0) is 11.3 Å². The number of thiocarbonyl (C=S) groups is 1. The largest absolute Gasteiger partial charge is 0.497 e. The van der Waals surface area contributed by atoms with E-state index in [-0.39, 0.29) is 12.5 Å². The normalized spacial score (nSPS) is 10.4. The lowest BCUT2D eigenvalue weighted by Crippen LogP contribution is -2.38. The van der Waals surface area contributed by atoms with E-state index in [0.29, 0.717) is 41.1 Å². The number of hydrogen-bond donors (Lipinski definition) is 3. The number of amides is 1. The van der Waals surface area contributed by atoms with Gasteiger partial charge in [-0.2, -0.15) is 4.80 Å². The fourth-order valence-corrected chi connectivity index (χ4v) is 3.41. The first-order valence-electron chi connectivity index (χ1n) is 11.2. The summed E-state index contributed by atoms with van der Waals surface area (Å²) in [6, 6.07) is 24.2. The van der Waals surface area contributed by atoms with Gasteiger partial charge in [-0.25, -0.2) is 0 Å². The Labute approximate surface area is 213 Å². The van der Waals surface area contributed by atoms with Gasteiger partial charge in [-0.1, -0.05) is 30.3 Å². The van der Waals surface area contributed by atoms with E-state index in [1.165, 1.54) is 4.80 Å². The molecule has 0 saturated heterocycles. The van der Waals surface area contributed by atoms with Crippen LogP contribution in [-0.4, -0.2) is 51.4 Å². The fraction of sp³-hybridized carbons (Fsp3) is 0.160.